The lowest BCUT2D eigenvalue weighted by Gasteiger charge is -2.18. The fourth-order valence-electron chi connectivity index (χ4n) is 1.34. The number of hydrogen-bond donors (Lipinski definition) is 0. The van der Waals surface area contributed by atoms with E-state index in [1.54, 1.807) is 0 Å². The van der Waals surface area contributed by atoms with Crippen molar-refractivity contribution in [2.75, 3.05) is 0 Å². The number of ether oxygens (including phenoxy) is 1. The van der Waals surface area contributed by atoms with Crippen LogP contribution in [-0.2, 0) is 4.43 Å². The zero-order valence-electron chi connectivity index (χ0n) is 10.8. The van der Waals surface area contributed by atoms with Gasteiger partial charge in [-0.05, 0) is 43.9 Å². The molecule has 1 rings (SSSR count). The van der Waals surface area contributed by atoms with Crippen LogP contribution in [0, 0.1) is 6.57 Å². The van der Waals surface area contributed by atoms with E-state index >= 15 is 0 Å². The molecule has 0 heterocycles. The molecule has 0 spiro atoms. The number of alkyl halides is 3. The van der Waals surface area contributed by atoms with Gasteiger partial charge >= 0.3 is 12.6 Å². The maximum atomic E-state index is 12.0. The molecule has 0 fully saturated rings. The molecule has 7 heteroatoms. The van der Waals surface area contributed by atoms with E-state index in [0.29, 0.717) is 5.56 Å². The van der Waals surface area contributed by atoms with E-state index < -0.39 is 20.9 Å². The molecule has 0 aliphatic heterocycles. The van der Waals surface area contributed by atoms with Crippen molar-refractivity contribution in [1.29, 1.82) is 0 Å². The minimum Gasteiger partial charge on any atom is -0.406 e. The molecule has 19 heavy (non-hydrogen) atoms. The van der Waals surface area contributed by atoms with Crippen LogP contribution in [0.15, 0.2) is 24.3 Å². The summed E-state index contributed by atoms with van der Waals surface area (Å²) in [6, 6.07) is 5.16. The fourth-order valence-corrected chi connectivity index (χ4v) is 2.20. The predicted molar refractivity (Wildman–Crippen MR) is 66.9 cm³/mol. The maximum absolute atomic E-state index is 12.0. The van der Waals surface area contributed by atoms with Crippen molar-refractivity contribution in [2.24, 2.45) is 0 Å². The third-order valence-corrected chi connectivity index (χ3v) is 2.91. The molecular formula is C12H14F3NO2Si. The predicted octanol–water partition coefficient (Wildman–Crippen LogP) is 4.35. The Labute approximate surface area is 110 Å². The number of rotatable bonds is 4. The monoisotopic (exact) mass is 289 g/mol. The van der Waals surface area contributed by atoms with E-state index in [0.717, 1.165) is 0 Å². The summed E-state index contributed by atoms with van der Waals surface area (Å²) < 4.78 is 45.4. The van der Waals surface area contributed by atoms with E-state index in [4.69, 9.17) is 11.0 Å². The first-order valence-electron chi connectivity index (χ1n) is 5.51. The van der Waals surface area contributed by atoms with Gasteiger partial charge in [-0.2, -0.15) is 0 Å². The first-order chi connectivity index (χ1) is 8.61. The smallest absolute Gasteiger partial charge is 0.406 e. The van der Waals surface area contributed by atoms with Crippen molar-refractivity contribution in [3.63, 3.8) is 0 Å². The molecule has 0 saturated carbocycles. The molecule has 0 amide bonds. The van der Waals surface area contributed by atoms with Crippen molar-refractivity contribution in [1.82, 2.24) is 0 Å². The minimum absolute atomic E-state index is 0.312. The van der Waals surface area contributed by atoms with Gasteiger partial charge in [-0.3, -0.25) is 4.85 Å². The van der Waals surface area contributed by atoms with E-state index in [-0.39, 0.29) is 5.75 Å². The van der Waals surface area contributed by atoms with Crippen molar-refractivity contribution >= 4 is 8.32 Å². The lowest BCUT2D eigenvalue weighted by atomic mass is 10.2. The Balaban J connectivity index is 2.83. The number of benzene rings is 1. The molecule has 0 aliphatic carbocycles. The van der Waals surface area contributed by atoms with Gasteiger partial charge < -0.3 is 9.16 Å². The van der Waals surface area contributed by atoms with Gasteiger partial charge in [0.15, 0.2) is 8.32 Å². The van der Waals surface area contributed by atoms with Gasteiger partial charge in [0.25, 0.3) is 0 Å². The second-order valence-electron chi connectivity index (χ2n) is 4.83. The molecule has 0 bridgehead atoms. The highest BCUT2D eigenvalue weighted by atomic mass is 28.4. The third kappa shape index (κ3) is 5.76. The maximum Gasteiger partial charge on any atom is 0.573 e. The molecule has 1 unspecified atom stereocenters. The van der Waals surface area contributed by atoms with Crippen LogP contribution in [0.4, 0.5) is 13.2 Å². The summed E-state index contributed by atoms with van der Waals surface area (Å²) in [6.45, 7) is 12.9. The molecule has 104 valence electrons. The standard InChI is InChI=1S/C12H14F3NO2Si/c1-16-11(18-19(2,3)4)9-5-7-10(8-6-9)17-12(13,14)15/h5-8,11H,2-4H3. The van der Waals surface area contributed by atoms with Gasteiger partial charge in [0, 0.05) is 0 Å². The molecule has 0 radical (unpaired) electrons. The zero-order valence-corrected chi connectivity index (χ0v) is 11.8. The normalized spacial score (nSPS) is 13.7. The lowest BCUT2D eigenvalue weighted by molar-refractivity contribution is -0.274. The average molecular weight is 289 g/mol. The van der Waals surface area contributed by atoms with Crippen LogP contribution in [0.25, 0.3) is 4.85 Å². The van der Waals surface area contributed by atoms with Crippen LogP contribution in [0.5, 0.6) is 5.75 Å². The summed E-state index contributed by atoms with van der Waals surface area (Å²) in [5.41, 5.74) is 0.520. The van der Waals surface area contributed by atoms with E-state index in [1.165, 1.54) is 24.3 Å². The van der Waals surface area contributed by atoms with Crippen LogP contribution in [0.2, 0.25) is 19.6 Å². The summed E-state index contributed by atoms with van der Waals surface area (Å²) >= 11 is 0. The first kappa shape index (κ1) is 15.5. The quantitative estimate of drug-likeness (QED) is 0.607. The Kier molecular flexibility index (Phi) is 4.60. The average Bonchev–Trinajstić information content (AvgIpc) is 2.23. The number of hydrogen-bond acceptors (Lipinski definition) is 2. The highest BCUT2D eigenvalue weighted by Crippen LogP contribution is 2.27. The second kappa shape index (κ2) is 5.63. The van der Waals surface area contributed by atoms with Crippen molar-refractivity contribution in [3.8, 4) is 5.75 Å². The Bertz CT molecular complexity index is 460. The van der Waals surface area contributed by atoms with E-state index in [1.807, 2.05) is 19.6 Å². The summed E-state index contributed by atoms with van der Waals surface area (Å²) in [4.78, 5) is 3.35. The molecule has 1 aromatic rings. The van der Waals surface area contributed by atoms with Crippen LogP contribution in [-0.4, -0.2) is 14.7 Å². The zero-order chi connectivity index (χ0) is 14.7. The highest BCUT2D eigenvalue weighted by molar-refractivity contribution is 6.69. The fraction of sp³-hybridized carbons (Fsp3) is 0.417. The molecular weight excluding hydrogens is 275 g/mol. The molecule has 1 atom stereocenters. The van der Waals surface area contributed by atoms with Crippen molar-refractivity contribution < 1.29 is 22.3 Å². The summed E-state index contributed by atoms with van der Waals surface area (Å²) in [5.74, 6) is -0.312. The van der Waals surface area contributed by atoms with Crippen LogP contribution in [0.1, 0.15) is 11.8 Å². The summed E-state index contributed by atoms with van der Waals surface area (Å²) in [5, 5.41) is 0. The summed E-state index contributed by atoms with van der Waals surface area (Å²) in [6.07, 6.45) is -5.50. The van der Waals surface area contributed by atoms with E-state index in [2.05, 4.69) is 9.58 Å². The van der Waals surface area contributed by atoms with Crippen LogP contribution in [0.3, 0.4) is 0 Å². The van der Waals surface area contributed by atoms with Crippen molar-refractivity contribution in [2.45, 2.75) is 32.2 Å². The van der Waals surface area contributed by atoms with E-state index in [9.17, 15) is 13.2 Å². The largest absolute Gasteiger partial charge is 0.573 e. The van der Waals surface area contributed by atoms with Gasteiger partial charge in [0.2, 0.25) is 0 Å². The summed E-state index contributed by atoms with van der Waals surface area (Å²) in [7, 11) is -1.90. The molecule has 1 aromatic carbocycles. The highest BCUT2D eigenvalue weighted by Gasteiger charge is 2.31. The second-order valence-corrected chi connectivity index (χ2v) is 9.29. The van der Waals surface area contributed by atoms with Gasteiger partial charge in [-0.1, -0.05) is 0 Å². The van der Waals surface area contributed by atoms with Gasteiger partial charge in [0.05, 0.1) is 5.56 Å². The first-order valence-corrected chi connectivity index (χ1v) is 8.92. The lowest BCUT2D eigenvalue weighted by Crippen LogP contribution is -2.26. The van der Waals surface area contributed by atoms with Crippen LogP contribution < -0.4 is 4.74 Å². The SMILES string of the molecule is [C-]#[N+]C(O[Si](C)(C)C)c1ccc(OC(F)(F)F)cc1. The Morgan fingerprint density at radius 1 is 1.16 bits per heavy atom. The van der Waals surface area contributed by atoms with Crippen LogP contribution >= 0.6 is 0 Å². The third-order valence-electron chi connectivity index (χ3n) is 1.98. The molecule has 0 saturated heterocycles. The number of nitrogens with zero attached hydrogens (tertiary/aromatic N) is 1. The molecule has 0 aromatic heterocycles. The Hall–Kier alpha value is -1.52. The van der Waals surface area contributed by atoms with Crippen molar-refractivity contribution in [3.05, 3.63) is 41.2 Å². The van der Waals surface area contributed by atoms with Gasteiger partial charge in [-0.25, -0.2) is 6.57 Å². The molecule has 0 N–H and O–H groups in total. The number of halogens is 3. The Morgan fingerprint density at radius 2 is 1.68 bits per heavy atom. The van der Waals surface area contributed by atoms with Gasteiger partial charge in [0.1, 0.15) is 5.75 Å². The minimum atomic E-state index is -4.71. The molecule has 0 aliphatic rings. The molecule has 3 nitrogen and oxygen atoms in total. The topological polar surface area (TPSA) is 22.8 Å². The Morgan fingerprint density at radius 3 is 2.05 bits per heavy atom. The van der Waals surface area contributed by atoms with Gasteiger partial charge in [-0.15, -0.1) is 13.2 Å².